The van der Waals surface area contributed by atoms with Crippen molar-refractivity contribution in [2.24, 2.45) is 0 Å². The number of piperidine rings is 1. The summed E-state index contributed by atoms with van der Waals surface area (Å²) < 4.78 is 25.5. The zero-order chi connectivity index (χ0) is 26.1. The summed E-state index contributed by atoms with van der Waals surface area (Å²) in [5.74, 6) is 0.882. The van der Waals surface area contributed by atoms with Crippen LogP contribution in [-0.2, 0) is 10.0 Å². The van der Waals surface area contributed by atoms with E-state index in [0.29, 0.717) is 24.5 Å². The first-order valence-electron chi connectivity index (χ1n) is 12.3. The average molecular weight is 513 g/mol. The highest BCUT2D eigenvalue weighted by Gasteiger charge is 2.29. The normalized spacial score (nSPS) is 15.2. The molecule has 10 heteroatoms. The minimum atomic E-state index is -3.37. The third kappa shape index (κ3) is 5.92. The Hall–Kier alpha value is -3.27. The lowest BCUT2D eigenvalue weighted by molar-refractivity contribution is 0.0708. The van der Waals surface area contributed by atoms with Gasteiger partial charge in [0, 0.05) is 54.5 Å². The van der Waals surface area contributed by atoms with E-state index in [1.807, 2.05) is 17.2 Å². The quantitative estimate of drug-likeness (QED) is 0.416. The standard InChI is InChI=1S/C26H36N6O3S/c1-6-26(2,3)29-22-8-7-13-27-24(22)31(4)20-11-14-32(15-12-20)25(33)23-17-18-16-19(30-36(5,34)35)9-10-21(18)28-23/h7-10,13,16-17,20,28-30H,6,11-12,14-15H2,1-5H3. The highest BCUT2D eigenvalue weighted by atomic mass is 32.2. The van der Waals surface area contributed by atoms with Crippen molar-refractivity contribution < 1.29 is 13.2 Å². The molecule has 1 amide bonds. The summed E-state index contributed by atoms with van der Waals surface area (Å²) in [5, 5.41) is 4.41. The summed E-state index contributed by atoms with van der Waals surface area (Å²) in [7, 11) is -1.29. The SMILES string of the molecule is CCC(C)(C)Nc1cccnc1N(C)C1CCN(C(=O)c2cc3cc(NS(C)(=O)=O)ccc3[nH]2)CC1. The molecule has 1 fully saturated rings. The van der Waals surface area contributed by atoms with Crippen LogP contribution in [0.2, 0.25) is 0 Å². The van der Waals surface area contributed by atoms with Gasteiger partial charge in [-0.1, -0.05) is 6.92 Å². The van der Waals surface area contributed by atoms with Crippen LogP contribution in [-0.4, -0.2) is 67.2 Å². The number of aromatic amines is 1. The number of sulfonamides is 1. The lowest BCUT2D eigenvalue weighted by Gasteiger charge is -2.38. The van der Waals surface area contributed by atoms with Crippen LogP contribution in [0.1, 0.15) is 50.5 Å². The number of carbonyl (C=O) groups is 1. The predicted octanol–water partition coefficient (Wildman–Crippen LogP) is 4.28. The lowest BCUT2D eigenvalue weighted by Crippen LogP contribution is -2.46. The fourth-order valence-corrected chi connectivity index (χ4v) is 5.11. The fourth-order valence-electron chi connectivity index (χ4n) is 4.55. The molecule has 0 aliphatic carbocycles. The van der Waals surface area contributed by atoms with Crippen molar-refractivity contribution in [2.75, 3.05) is 41.3 Å². The summed E-state index contributed by atoms with van der Waals surface area (Å²) in [5.41, 5.74) is 2.75. The van der Waals surface area contributed by atoms with Gasteiger partial charge in [-0.2, -0.15) is 0 Å². The summed E-state index contributed by atoms with van der Waals surface area (Å²) in [4.78, 5) is 25.2. The summed E-state index contributed by atoms with van der Waals surface area (Å²) >= 11 is 0. The van der Waals surface area contributed by atoms with Gasteiger partial charge in [-0.25, -0.2) is 13.4 Å². The molecular weight excluding hydrogens is 476 g/mol. The minimum Gasteiger partial charge on any atom is -0.377 e. The van der Waals surface area contributed by atoms with Crippen LogP contribution >= 0.6 is 0 Å². The molecule has 3 aromatic rings. The van der Waals surface area contributed by atoms with Gasteiger partial charge in [0.1, 0.15) is 5.69 Å². The van der Waals surface area contributed by atoms with E-state index in [4.69, 9.17) is 0 Å². The first-order chi connectivity index (χ1) is 17.0. The molecule has 194 valence electrons. The van der Waals surface area contributed by atoms with E-state index in [2.05, 4.69) is 58.8 Å². The van der Waals surface area contributed by atoms with Crippen LogP contribution in [0, 0.1) is 0 Å². The van der Waals surface area contributed by atoms with Crippen molar-refractivity contribution in [1.82, 2.24) is 14.9 Å². The van der Waals surface area contributed by atoms with Gasteiger partial charge >= 0.3 is 0 Å². The number of aromatic nitrogens is 2. The number of rotatable bonds is 8. The minimum absolute atomic E-state index is 0.0321. The maximum atomic E-state index is 13.2. The van der Waals surface area contributed by atoms with Gasteiger partial charge in [0.05, 0.1) is 11.9 Å². The number of nitrogens with zero attached hydrogens (tertiary/aromatic N) is 3. The smallest absolute Gasteiger partial charge is 0.270 e. The largest absolute Gasteiger partial charge is 0.377 e. The Morgan fingerprint density at radius 1 is 1.22 bits per heavy atom. The van der Waals surface area contributed by atoms with Gasteiger partial charge in [-0.3, -0.25) is 9.52 Å². The molecule has 0 radical (unpaired) electrons. The predicted molar refractivity (Wildman–Crippen MR) is 146 cm³/mol. The Labute approximate surface area is 213 Å². The Bertz CT molecular complexity index is 1340. The molecule has 2 aromatic heterocycles. The molecule has 1 saturated heterocycles. The van der Waals surface area contributed by atoms with Crippen LogP contribution in [0.15, 0.2) is 42.6 Å². The van der Waals surface area contributed by atoms with Crippen molar-refractivity contribution in [2.45, 2.75) is 51.6 Å². The second-order valence-electron chi connectivity index (χ2n) is 10.2. The van der Waals surface area contributed by atoms with Gasteiger partial charge in [-0.05, 0) is 69.5 Å². The number of pyridine rings is 1. The second-order valence-corrected chi connectivity index (χ2v) is 12.0. The number of hydrogen-bond acceptors (Lipinski definition) is 6. The van der Waals surface area contributed by atoms with Crippen molar-refractivity contribution in [1.29, 1.82) is 0 Å². The third-order valence-corrected chi connectivity index (χ3v) is 7.54. The molecule has 1 aromatic carbocycles. The van der Waals surface area contributed by atoms with Crippen molar-refractivity contribution >= 4 is 44.0 Å². The van der Waals surface area contributed by atoms with Gasteiger partial charge in [0.15, 0.2) is 5.82 Å². The molecule has 0 spiro atoms. The van der Waals surface area contributed by atoms with Crippen LogP contribution in [0.25, 0.3) is 10.9 Å². The molecule has 1 aliphatic heterocycles. The highest BCUT2D eigenvalue weighted by Crippen LogP contribution is 2.30. The van der Waals surface area contributed by atoms with Crippen molar-refractivity contribution in [3.8, 4) is 0 Å². The van der Waals surface area contributed by atoms with E-state index < -0.39 is 10.0 Å². The molecule has 36 heavy (non-hydrogen) atoms. The number of fused-ring (bicyclic) bond motifs is 1. The number of amides is 1. The maximum absolute atomic E-state index is 13.2. The van der Waals surface area contributed by atoms with E-state index in [1.165, 1.54) is 0 Å². The van der Waals surface area contributed by atoms with Crippen LogP contribution in [0.3, 0.4) is 0 Å². The first-order valence-corrected chi connectivity index (χ1v) is 14.2. The number of benzene rings is 1. The Balaban J connectivity index is 1.42. The molecule has 0 unspecified atom stereocenters. The molecular formula is C26H36N6O3S. The molecule has 3 N–H and O–H groups in total. The molecule has 0 bridgehead atoms. The number of H-pyrrole nitrogens is 1. The number of likely N-dealkylation sites (tertiary alicyclic amines) is 1. The summed E-state index contributed by atoms with van der Waals surface area (Å²) in [6.07, 6.45) is 5.62. The topological polar surface area (TPSA) is 110 Å². The molecule has 1 aliphatic rings. The third-order valence-electron chi connectivity index (χ3n) is 6.93. The van der Waals surface area contributed by atoms with Crippen molar-refractivity contribution in [3.63, 3.8) is 0 Å². The number of nitrogens with one attached hydrogen (secondary N) is 3. The van der Waals surface area contributed by atoms with Gasteiger partial charge in [-0.15, -0.1) is 0 Å². The molecule has 9 nitrogen and oxygen atoms in total. The van der Waals surface area contributed by atoms with Gasteiger partial charge in [0.25, 0.3) is 5.91 Å². The Morgan fingerprint density at radius 2 is 1.94 bits per heavy atom. The van der Waals surface area contributed by atoms with Crippen LogP contribution in [0.4, 0.5) is 17.2 Å². The maximum Gasteiger partial charge on any atom is 0.270 e. The zero-order valence-corrected chi connectivity index (χ0v) is 22.4. The molecule has 0 saturated carbocycles. The van der Waals surface area contributed by atoms with Crippen LogP contribution in [0.5, 0.6) is 0 Å². The zero-order valence-electron chi connectivity index (χ0n) is 21.6. The van der Waals surface area contributed by atoms with Gasteiger partial charge < -0.3 is 20.1 Å². The fraction of sp³-hybridized carbons (Fsp3) is 0.462. The highest BCUT2D eigenvalue weighted by molar-refractivity contribution is 7.92. The monoisotopic (exact) mass is 512 g/mol. The Morgan fingerprint density at radius 3 is 2.61 bits per heavy atom. The van der Waals surface area contributed by atoms with Crippen LogP contribution < -0.4 is 14.9 Å². The first kappa shape index (κ1) is 25.8. The number of anilines is 3. The molecule has 0 atom stereocenters. The molecule has 4 rings (SSSR count). The summed E-state index contributed by atoms with van der Waals surface area (Å²) in [6.45, 7) is 7.83. The lowest BCUT2D eigenvalue weighted by atomic mass is 10.0. The number of carbonyl (C=O) groups excluding carboxylic acids is 1. The van der Waals surface area contributed by atoms with Crippen molar-refractivity contribution in [3.05, 3.63) is 48.3 Å². The second kappa shape index (κ2) is 10.0. The average Bonchev–Trinajstić information content (AvgIpc) is 3.26. The van der Waals surface area contributed by atoms with E-state index in [-0.39, 0.29) is 17.5 Å². The number of hydrogen-bond donors (Lipinski definition) is 3. The van der Waals surface area contributed by atoms with Gasteiger partial charge in [0.2, 0.25) is 10.0 Å². The van der Waals surface area contributed by atoms with E-state index in [0.717, 1.165) is 47.9 Å². The summed E-state index contributed by atoms with van der Waals surface area (Å²) in [6, 6.07) is 11.3. The van der Waals surface area contributed by atoms with E-state index in [1.54, 1.807) is 24.3 Å². The van der Waals surface area contributed by atoms with E-state index >= 15 is 0 Å². The Kier molecular flexibility index (Phi) is 7.17. The van der Waals surface area contributed by atoms with E-state index in [9.17, 15) is 13.2 Å². The molecule has 3 heterocycles.